The Hall–Kier alpha value is -1.03. The van der Waals surface area contributed by atoms with Crippen molar-refractivity contribution in [2.24, 2.45) is 0 Å². The van der Waals surface area contributed by atoms with Crippen LogP contribution in [0.1, 0.15) is 71.1 Å². The third kappa shape index (κ3) is 21.9. The zero-order chi connectivity index (χ0) is 25.2. The molecule has 0 saturated carbocycles. The van der Waals surface area contributed by atoms with Crippen LogP contribution in [0, 0.1) is 0 Å². The SMILES string of the molecule is C=C(C)C(=O)OCCCCCCCCCCCCOCC1COCCOCCOCCOCCO1. The molecule has 1 atom stereocenters. The molecule has 1 heterocycles. The van der Waals surface area contributed by atoms with Crippen molar-refractivity contribution in [1.82, 2.24) is 0 Å². The number of carbonyl (C=O) groups is 1. The van der Waals surface area contributed by atoms with Crippen molar-refractivity contribution in [3.05, 3.63) is 12.2 Å². The third-order valence-corrected chi connectivity index (χ3v) is 5.57. The van der Waals surface area contributed by atoms with Crippen LogP contribution in [-0.2, 0) is 38.0 Å². The van der Waals surface area contributed by atoms with Gasteiger partial charge in [-0.1, -0.05) is 57.9 Å². The molecule has 8 nitrogen and oxygen atoms in total. The summed E-state index contributed by atoms with van der Waals surface area (Å²) in [5.41, 5.74) is 0.468. The summed E-state index contributed by atoms with van der Waals surface area (Å²) in [5.74, 6) is -0.281. The van der Waals surface area contributed by atoms with Crippen molar-refractivity contribution >= 4 is 5.97 Å². The lowest BCUT2D eigenvalue weighted by Crippen LogP contribution is -2.28. The van der Waals surface area contributed by atoms with E-state index in [1.54, 1.807) is 6.92 Å². The molecule has 35 heavy (non-hydrogen) atoms. The number of rotatable bonds is 16. The molecule has 0 aromatic heterocycles. The van der Waals surface area contributed by atoms with E-state index in [2.05, 4.69) is 6.58 Å². The molecule has 0 aromatic carbocycles. The normalized spacial score (nSPS) is 18.9. The number of unbranched alkanes of at least 4 members (excludes halogenated alkanes) is 9. The summed E-state index contributed by atoms with van der Waals surface area (Å²) in [5, 5.41) is 0. The Morgan fingerprint density at radius 3 is 1.69 bits per heavy atom. The lowest BCUT2D eigenvalue weighted by atomic mass is 10.1. The van der Waals surface area contributed by atoms with E-state index in [1.165, 1.54) is 44.9 Å². The minimum atomic E-state index is -0.281. The standard InChI is InChI=1S/C27H50O8/c1-25(2)27(28)35-14-12-10-8-6-4-3-5-7-9-11-13-32-23-26-24-33-20-19-30-16-15-29-17-18-31-21-22-34-26/h26H,1,3-24H2,2H3. The second kappa shape index (κ2) is 24.7. The van der Waals surface area contributed by atoms with E-state index in [0.717, 1.165) is 25.9 Å². The van der Waals surface area contributed by atoms with Crippen LogP contribution in [0.2, 0.25) is 0 Å². The van der Waals surface area contributed by atoms with Gasteiger partial charge in [0.15, 0.2) is 0 Å². The summed E-state index contributed by atoms with van der Waals surface area (Å²) in [6.07, 6.45) is 11.8. The summed E-state index contributed by atoms with van der Waals surface area (Å²) in [6.45, 7) is 12.0. The van der Waals surface area contributed by atoms with Crippen LogP contribution in [0.15, 0.2) is 12.2 Å². The molecule has 1 unspecified atom stereocenters. The highest BCUT2D eigenvalue weighted by Gasteiger charge is 2.10. The summed E-state index contributed by atoms with van der Waals surface area (Å²) >= 11 is 0. The second-order valence-corrected chi connectivity index (χ2v) is 8.93. The van der Waals surface area contributed by atoms with Gasteiger partial charge in [-0.05, 0) is 19.8 Å². The Balaban J connectivity index is 1.91. The Morgan fingerprint density at radius 2 is 1.14 bits per heavy atom. The fourth-order valence-corrected chi connectivity index (χ4v) is 3.52. The van der Waals surface area contributed by atoms with E-state index in [4.69, 9.17) is 33.2 Å². The van der Waals surface area contributed by atoms with Crippen molar-refractivity contribution in [2.75, 3.05) is 79.3 Å². The minimum absolute atomic E-state index is 0.0851. The van der Waals surface area contributed by atoms with E-state index in [0.29, 0.717) is 78.2 Å². The number of esters is 1. The molecule has 0 N–H and O–H groups in total. The largest absolute Gasteiger partial charge is 0.462 e. The van der Waals surface area contributed by atoms with Gasteiger partial charge in [-0.15, -0.1) is 0 Å². The molecule has 1 aliphatic heterocycles. The fourth-order valence-electron chi connectivity index (χ4n) is 3.52. The van der Waals surface area contributed by atoms with Crippen molar-refractivity contribution in [3.8, 4) is 0 Å². The first-order valence-corrected chi connectivity index (χ1v) is 13.5. The number of ether oxygens (including phenoxy) is 7. The molecule has 1 rings (SSSR count). The Labute approximate surface area is 212 Å². The predicted octanol–water partition coefficient (Wildman–Crippen LogP) is 4.49. The summed E-state index contributed by atoms with van der Waals surface area (Å²) in [6, 6.07) is 0. The Morgan fingerprint density at radius 1 is 0.686 bits per heavy atom. The Kier molecular flexibility index (Phi) is 22.5. The molecule has 0 bridgehead atoms. The maximum atomic E-state index is 11.3. The van der Waals surface area contributed by atoms with Crippen LogP contribution in [0.3, 0.4) is 0 Å². The maximum absolute atomic E-state index is 11.3. The number of hydrogen-bond donors (Lipinski definition) is 0. The predicted molar refractivity (Wildman–Crippen MR) is 136 cm³/mol. The van der Waals surface area contributed by atoms with Crippen molar-refractivity contribution in [2.45, 2.75) is 77.2 Å². The summed E-state index contributed by atoms with van der Waals surface area (Å²) < 4.78 is 38.9. The quantitative estimate of drug-likeness (QED) is 0.174. The van der Waals surface area contributed by atoms with Gasteiger partial charge in [0.2, 0.25) is 0 Å². The molecule has 8 heteroatoms. The van der Waals surface area contributed by atoms with Crippen LogP contribution >= 0.6 is 0 Å². The van der Waals surface area contributed by atoms with Gasteiger partial charge < -0.3 is 33.2 Å². The molecule has 0 spiro atoms. The molecule has 1 aliphatic rings. The van der Waals surface area contributed by atoms with Crippen LogP contribution in [-0.4, -0.2) is 91.4 Å². The van der Waals surface area contributed by atoms with Gasteiger partial charge in [0.25, 0.3) is 0 Å². The topological polar surface area (TPSA) is 81.7 Å². The zero-order valence-corrected chi connectivity index (χ0v) is 22.1. The zero-order valence-electron chi connectivity index (χ0n) is 22.1. The minimum Gasteiger partial charge on any atom is -0.462 e. The second-order valence-electron chi connectivity index (χ2n) is 8.93. The van der Waals surface area contributed by atoms with E-state index in [1.807, 2.05) is 0 Å². The molecule has 0 aliphatic carbocycles. The highest BCUT2D eigenvalue weighted by Crippen LogP contribution is 2.11. The van der Waals surface area contributed by atoms with Crippen LogP contribution in [0.4, 0.5) is 0 Å². The van der Waals surface area contributed by atoms with Crippen molar-refractivity contribution < 1.29 is 38.0 Å². The van der Waals surface area contributed by atoms with E-state index < -0.39 is 0 Å². The first-order valence-electron chi connectivity index (χ1n) is 13.5. The molecular weight excluding hydrogens is 452 g/mol. The van der Waals surface area contributed by atoms with Gasteiger partial charge in [-0.3, -0.25) is 0 Å². The number of carbonyl (C=O) groups excluding carboxylic acids is 1. The molecular formula is C27H50O8. The molecule has 0 radical (unpaired) electrons. The summed E-state index contributed by atoms with van der Waals surface area (Å²) in [7, 11) is 0. The smallest absolute Gasteiger partial charge is 0.333 e. The molecule has 1 fully saturated rings. The van der Waals surface area contributed by atoms with Crippen molar-refractivity contribution in [3.63, 3.8) is 0 Å². The Bertz CT molecular complexity index is 484. The monoisotopic (exact) mass is 502 g/mol. The molecule has 1 saturated heterocycles. The molecule has 206 valence electrons. The average Bonchev–Trinajstić information content (AvgIpc) is 2.86. The van der Waals surface area contributed by atoms with Gasteiger partial charge in [0.1, 0.15) is 6.10 Å². The lowest BCUT2D eigenvalue weighted by molar-refractivity contribution is -0.139. The van der Waals surface area contributed by atoms with E-state index in [-0.39, 0.29) is 12.1 Å². The van der Waals surface area contributed by atoms with E-state index >= 15 is 0 Å². The van der Waals surface area contributed by atoms with Gasteiger partial charge in [0, 0.05) is 12.2 Å². The van der Waals surface area contributed by atoms with Crippen molar-refractivity contribution in [1.29, 1.82) is 0 Å². The van der Waals surface area contributed by atoms with E-state index in [9.17, 15) is 4.79 Å². The number of hydrogen-bond acceptors (Lipinski definition) is 8. The first kappa shape index (κ1) is 32.0. The highest BCUT2D eigenvalue weighted by molar-refractivity contribution is 5.86. The van der Waals surface area contributed by atoms with Gasteiger partial charge in [0.05, 0.1) is 72.7 Å². The van der Waals surface area contributed by atoms with Crippen LogP contribution in [0.25, 0.3) is 0 Å². The van der Waals surface area contributed by atoms with Gasteiger partial charge >= 0.3 is 5.97 Å². The van der Waals surface area contributed by atoms with Gasteiger partial charge in [-0.25, -0.2) is 4.79 Å². The van der Waals surface area contributed by atoms with Gasteiger partial charge in [-0.2, -0.15) is 0 Å². The lowest BCUT2D eigenvalue weighted by Gasteiger charge is -2.18. The maximum Gasteiger partial charge on any atom is 0.333 e. The fraction of sp³-hybridized carbons (Fsp3) is 0.889. The third-order valence-electron chi connectivity index (χ3n) is 5.57. The first-order chi connectivity index (χ1) is 17.2. The summed E-state index contributed by atoms with van der Waals surface area (Å²) in [4.78, 5) is 11.3. The van der Waals surface area contributed by atoms with Crippen LogP contribution < -0.4 is 0 Å². The average molecular weight is 503 g/mol. The highest BCUT2D eigenvalue weighted by atomic mass is 16.6. The van der Waals surface area contributed by atoms with Crippen LogP contribution in [0.5, 0.6) is 0 Å². The molecule has 0 amide bonds. The molecule has 0 aromatic rings.